The summed E-state index contributed by atoms with van der Waals surface area (Å²) in [6.45, 7) is 2.31. The van der Waals surface area contributed by atoms with Gasteiger partial charge in [0.1, 0.15) is 5.78 Å². The molecule has 0 saturated heterocycles. The number of aliphatic hydroxyl groups excluding tert-OH is 1. The Morgan fingerprint density at radius 3 is 2.91 bits per heavy atom. The lowest BCUT2D eigenvalue weighted by molar-refractivity contribution is -0.119. The molecule has 4 aliphatic carbocycles. The highest BCUT2D eigenvalue weighted by Gasteiger charge is 2.56. The third kappa shape index (κ3) is 2.23. The van der Waals surface area contributed by atoms with Crippen LogP contribution in [0.25, 0.3) is 0 Å². The van der Waals surface area contributed by atoms with Crippen LogP contribution in [0.1, 0.15) is 64.7 Å². The summed E-state index contributed by atoms with van der Waals surface area (Å²) < 4.78 is 0. The van der Waals surface area contributed by atoms with Crippen molar-refractivity contribution in [2.75, 3.05) is 0 Å². The lowest BCUT2D eigenvalue weighted by Gasteiger charge is -2.54. The Morgan fingerprint density at radius 1 is 1.30 bits per heavy atom. The van der Waals surface area contributed by atoms with Crippen LogP contribution in [0.4, 0.5) is 0 Å². The minimum atomic E-state index is -0.136. The van der Waals surface area contributed by atoms with E-state index in [1.807, 2.05) is 0 Å². The van der Waals surface area contributed by atoms with Crippen molar-refractivity contribution in [2.45, 2.75) is 70.8 Å². The minimum Gasteiger partial charge on any atom is -0.393 e. The molecule has 0 spiro atoms. The topological polar surface area (TPSA) is 37.3 Å². The van der Waals surface area contributed by atoms with Gasteiger partial charge >= 0.3 is 0 Å². The summed E-state index contributed by atoms with van der Waals surface area (Å²) in [6.07, 6.45) is 14.3. The number of terminal acetylenes is 1. The van der Waals surface area contributed by atoms with Crippen molar-refractivity contribution in [1.29, 1.82) is 0 Å². The predicted molar refractivity (Wildman–Crippen MR) is 90.5 cm³/mol. The number of hydrogen-bond acceptors (Lipinski definition) is 2. The van der Waals surface area contributed by atoms with Crippen LogP contribution in [-0.4, -0.2) is 17.0 Å². The zero-order chi connectivity index (χ0) is 16.2. The van der Waals surface area contributed by atoms with Crippen molar-refractivity contribution in [3.63, 3.8) is 0 Å². The van der Waals surface area contributed by atoms with Crippen molar-refractivity contribution < 1.29 is 9.90 Å². The third-order valence-corrected chi connectivity index (χ3v) is 7.70. The molecule has 6 atom stereocenters. The van der Waals surface area contributed by atoms with Gasteiger partial charge in [0, 0.05) is 19.3 Å². The molecule has 4 rings (SSSR count). The molecule has 1 N–H and O–H groups in total. The number of fused-ring (bicyclic) bond motifs is 4. The number of ketones is 1. The molecule has 2 nitrogen and oxygen atoms in total. The Labute approximate surface area is 139 Å². The summed E-state index contributed by atoms with van der Waals surface area (Å²) in [5.74, 6) is 5.72. The van der Waals surface area contributed by atoms with E-state index < -0.39 is 0 Å². The molecule has 0 aromatic rings. The molecule has 0 aromatic heterocycles. The highest BCUT2D eigenvalue weighted by Crippen LogP contribution is 2.62. The van der Waals surface area contributed by atoms with Crippen LogP contribution in [0.3, 0.4) is 0 Å². The molecule has 2 saturated carbocycles. The first-order chi connectivity index (χ1) is 11.0. The van der Waals surface area contributed by atoms with Crippen LogP contribution in [0.5, 0.6) is 0 Å². The Morgan fingerprint density at radius 2 is 2.13 bits per heavy atom. The molecule has 0 amide bonds. The van der Waals surface area contributed by atoms with E-state index in [4.69, 9.17) is 6.42 Å². The van der Waals surface area contributed by atoms with Crippen LogP contribution < -0.4 is 0 Å². The van der Waals surface area contributed by atoms with Crippen molar-refractivity contribution in [3.05, 3.63) is 11.1 Å². The van der Waals surface area contributed by atoms with Gasteiger partial charge in [-0.25, -0.2) is 0 Å². The summed E-state index contributed by atoms with van der Waals surface area (Å²) in [5.41, 5.74) is 3.15. The van der Waals surface area contributed by atoms with Gasteiger partial charge in [-0.05, 0) is 67.6 Å². The minimum absolute atomic E-state index is 0.0938. The Hall–Kier alpha value is -1.07. The Kier molecular flexibility index (Phi) is 3.69. The zero-order valence-corrected chi connectivity index (χ0v) is 14.2. The molecule has 0 aromatic carbocycles. The highest BCUT2D eigenvalue weighted by atomic mass is 16.3. The molecule has 23 heavy (non-hydrogen) atoms. The Bertz CT molecular complexity index is 595. The molecule has 0 unspecified atom stereocenters. The maximum atomic E-state index is 11.9. The maximum Gasteiger partial charge on any atom is 0.137 e. The van der Waals surface area contributed by atoms with E-state index in [0.29, 0.717) is 35.9 Å². The van der Waals surface area contributed by atoms with E-state index >= 15 is 0 Å². The maximum absolute atomic E-state index is 11.9. The predicted octanol–water partition coefficient (Wildman–Crippen LogP) is 3.88. The van der Waals surface area contributed by atoms with Crippen LogP contribution in [0, 0.1) is 41.4 Å². The van der Waals surface area contributed by atoms with Gasteiger partial charge in [-0.2, -0.15) is 0 Å². The van der Waals surface area contributed by atoms with Gasteiger partial charge in [0.15, 0.2) is 0 Å². The number of allylic oxidation sites excluding steroid dienone is 2. The molecular formula is C21H28O2. The average Bonchev–Trinajstić information content (AvgIpc) is 2.83. The van der Waals surface area contributed by atoms with E-state index in [0.717, 1.165) is 44.9 Å². The molecule has 0 radical (unpaired) electrons. The summed E-state index contributed by atoms with van der Waals surface area (Å²) in [7, 11) is 0. The van der Waals surface area contributed by atoms with Gasteiger partial charge in [0.05, 0.1) is 6.10 Å². The van der Waals surface area contributed by atoms with Gasteiger partial charge in [-0.1, -0.05) is 18.1 Å². The van der Waals surface area contributed by atoms with Gasteiger partial charge in [-0.15, -0.1) is 12.3 Å². The van der Waals surface area contributed by atoms with E-state index in [9.17, 15) is 9.90 Å². The lowest BCUT2D eigenvalue weighted by Crippen LogP contribution is -2.48. The quantitative estimate of drug-likeness (QED) is 0.589. The summed E-state index contributed by atoms with van der Waals surface area (Å²) in [5, 5.41) is 10.6. The first-order valence-corrected chi connectivity index (χ1v) is 9.38. The van der Waals surface area contributed by atoms with Crippen LogP contribution in [-0.2, 0) is 4.79 Å². The standard InChI is InChI=1S/C21H28O2/c1-3-4-13-11-14-12-15(22)5-6-16(14)17-9-10-21(2)18(20(13)17)7-8-19(21)23/h1,13,17-20,23H,4-12H2,2H3/t13-,17-,18+,19+,20-,21+/m1/s1. The second kappa shape index (κ2) is 5.49. The summed E-state index contributed by atoms with van der Waals surface area (Å²) >= 11 is 0. The molecular weight excluding hydrogens is 284 g/mol. The Balaban J connectivity index is 1.73. The van der Waals surface area contributed by atoms with Crippen molar-refractivity contribution in [2.24, 2.45) is 29.1 Å². The first-order valence-electron chi connectivity index (χ1n) is 9.38. The number of rotatable bonds is 1. The lowest BCUT2D eigenvalue weighted by atomic mass is 9.51. The number of aliphatic hydroxyl groups is 1. The zero-order valence-electron chi connectivity index (χ0n) is 14.2. The second-order valence-electron chi connectivity index (χ2n) is 8.64. The summed E-state index contributed by atoms with van der Waals surface area (Å²) in [6, 6.07) is 0. The van der Waals surface area contributed by atoms with Gasteiger partial charge in [0.2, 0.25) is 0 Å². The normalized spacial score (nSPS) is 46.0. The number of hydrogen-bond donors (Lipinski definition) is 1. The molecule has 0 aliphatic heterocycles. The van der Waals surface area contributed by atoms with Crippen LogP contribution in [0.15, 0.2) is 11.1 Å². The number of carbonyl (C=O) groups is 1. The number of carbonyl (C=O) groups excluding carboxylic acids is 1. The van der Waals surface area contributed by atoms with E-state index in [1.54, 1.807) is 5.57 Å². The van der Waals surface area contributed by atoms with Crippen molar-refractivity contribution in [3.8, 4) is 12.3 Å². The summed E-state index contributed by atoms with van der Waals surface area (Å²) in [4.78, 5) is 11.9. The van der Waals surface area contributed by atoms with Gasteiger partial charge in [-0.3, -0.25) is 4.79 Å². The van der Waals surface area contributed by atoms with E-state index in [-0.39, 0.29) is 11.5 Å². The first kappa shape index (κ1) is 15.5. The fourth-order valence-corrected chi connectivity index (χ4v) is 6.58. The van der Waals surface area contributed by atoms with E-state index in [1.165, 1.54) is 12.0 Å². The van der Waals surface area contributed by atoms with Gasteiger partial charge in [0.25, 0.3) is 0 Å². The number of Topliss-reactive ketones (excluding diaryl/α,β-unsaturated/α-hetero) is 1. The fourth-order valence-electron chi connectivity index (χ4n) is 6.58. The molecule has 4 aliphatic rings. The average molecular weight is 312 g/mol. The molecule has 0 bridgehead atoms. The van der Waals surface area contributed by atoms with Gasteiger partial charge < -0.3 is 5.11 Å². The van der Waals surface area contributed by atoms with Crippen molar-refractivity contribution in [1.82, 2.24) is 0 Å². The molecule has 0 heterocycles. The SMILES string of the molecule is C#CC[C@@H]1CC2=C(CCC(=O)C2)[C@H]2CC[C@]3(C)[C@@H](O)CC[C@H]3[C@H]12. The van der Waals surface area contributed by atoms with Crippen molar-refractivity contribution >= 4 is 5.78 Å². The second-order valence-corrected chi connectivity index (χ2v) is 8.64. The largest absolute Gasteiger partial charge is 0.393 e. The van der Waals surface area contributed by atoms with E-state index in [2.05, 4.69) is 12.8 Å². The third-order valence-electron chi connectivity index (χ3n) is 7.70. The monoisotopic (exact) mass is 312 g/mol. The van der Waals surface area contributed by atoms with Crippen LogP contribution >= 0.6 is 0 Å². The van der Waals surface area contributed by atoms with Crippen LogP contribution in [0.2, 0.25) is 0 Å². The molecule has 124 valence electrons. The fraction of sp³-hybridized carbons (Fsp3) is 0.762. The smallest absolute Gasteiger partial charge is 0.137 e. The molecule has 2 heteroatoms. The molecule has 2 fully saturated rings. The highest BCUT2D eigenvalue weighted by molar-refractivity contribution is 5.82.